The summed E-state index contributed by atoms with van der Waals surface area (Å²) in [6.07, 6.45) is 1.08. The number of hydrogen-bond acceptors (Lipinski definition) is 2. The van der Waals surface area contributed by atoms with Crippen molar-refractivity contribution in [2.75, 3.05) is 0 Å². The largest absolute Gasteiger partial charge is 0.508 e. The highest BCUT2D eigenvalue weighted by molar-refractivity contribution is 6.31. The quantitative estimate of drug-likeness (QED) is 0.867. The molecule has 3 rings (SSSR count). The van der Waals surface area contributed by atoms with E-state index in [9.17, 15) is 5.11 Å². The van der Waals surface area contributed by atoms with Gasteiger partial charge in [0, 0.05) is 17.0 Å². The first-order valence-corrected chi connectivity index (χ1v) is 6.37. The predicted molar refractivity (Wildman–Crippen MR) is 73.9 cm³/mol. The van der Waals surface area contributed by atoms with Gasteiger partial charge < -0.3 is 10.8 Å². The van der Waals surface area contributed by atoms with Gasteiger partial charge >= 0.3 is 0 Å². The second-order valence-corrected chi connectivity index (χ2v) is 5.26. The lowest BCUT2D eigenvalue weighted by atomic mass is 10.0. The SMILES string of the molecule is N[C@H]1C[C@@H]1c1ccc(-c2cc(O)cc(Cl)c2)cc1. The van der Waals surface area contributed by atoms with Gasteiger partial charge in [0.15, 0.2) is 0 Å². The third-order valence-electron chi connectivity index (χ3n) is 3.39. The molecule has 0 bridgehead atoms. The molecule has 0 heterocycles. The van der Waals surface area contributed by atoms with Crippen LogP contribution in [0.25, 0.3) is 11.1 Å². The van der Waals surface area contributed by atoms with E-state index in [1.54, 1.807) is 6.07 Å². The monoisotopic (exact) mass is 259 g/mol. The van der Waals surface area contributed by atoms with Crippen molar-refractivity contribution in [2.24, 2.45) is 5.73 Å². The van der Waals surface area contributed by atoms with E-state index in [1.807, 2.05) is 18.2 Å². The van der Waals surface area contributed by atoms with Crippen molar-refractivity contribution in [3.05, 3.63) is 53.1 Å². The van der Waals surface area contributed by atoms with Crippen LogP contribution in [-0.4, -0.2) is 11.1 Å². The van der Waals surface area contributed by atoms with Gasteiger partial charge in [-0.2, -0.15) is 0 Å². The van der Waals surface area contributed by atoms with Crippen LogP contribution in [0.4, 0.5) is 0 Å². The van der Waals surface area contributed by atoms with Gasteiger partial charge in [-0.3, -0.25) is 0 Å². The summed E-state index contributed by atoms with van der Waals surface area (Å²) in [7, 11) is 0. The van der Waals surface area contributed by atoms with Crippen LogP contribution >= 0.6 is 11.6 Å². The molecule has 0 saturated heterocycles. The predicted octanol–water partition coefficient (Wildman–Crippen LogP) is 3.53. The molecule has 2 atom stereocenters. The Morgan fingerprint density at radius 2 is 1.72 bits per heavy atom. The Morgan fingerprint density at radius 3 is 2.28 bits per heavy atom. The molecule has 1 aliphatic rings. The highest BCUT2D eigenvalue weighted by Crippen LogP contribution is 2.39. The molecule has 0 aliphatic heterocycles. The lowest BCUT2D eigenvalue weighted by molar-refractivity contribution is 0.475. The van der Waals surface area contributed by atoms with Crippen molar-refractivity contribution in [2.45, 2.75) is 18.4 Å². The van der Waals surface area contributed by atoms with E-state index in [0.29, 0.717) is 17.0 Å². The van der Waals surface area contributed by atoms with Crippen LogP contribution in [0.15, 0.2) is 42.5 Å². The molecule has 2 aromatic rings. The van der Waals surface area contributed by atoms with E-state index < -0.39 is 0 Å². The number of benzene rings is 2. The van der Waals surface area contributed by atoms with Crippen LogP contribution in [0.5, 0.6) is 5.75 Å². The van der Waals surface area contributed by atoms with Gasteiger partial charge in [0.1, 0.15) is 5.75 Å². The van der Waals surface area contributed by atoms with Crippen LogP contribution in [0.3, 0.4) is 0 Å². The molecule has 92 valence electrons. The van der Waals surface area contributed by atoms with Crippen LogP contribution in [0, 0.1) is 0 Å². The third-order valence-corrected chi connectivity index (χ3v) is 3.61. The number of hydrogen-bond donors (Lipinski definition) is 2. The molecule has 0 unspecified atom stereocenters. The maximum absolute atomic E-state index is 9.54. The molecular weight excluding hydrogens is 246 g/mol. The molecule has 0 radical (unpaired) electrons. The van der Waals surface area contributed by atoms with Crippen molar-refractivity contribution >= 4 is 11.6 Å². The zero-order valence-corrected chi connectivity index (χ0v) is 10.6. The summed E-state index contributed by atoms with van der Waals surface area (Å²) in [6, 6.07) is 13.7. The molecule has 0 aromatic heterocycles. The van der Waals surface area contributed by atoms with Gasteiger partial charge in [0.2, 0.25) is 0 Å². The molecule has 18 heavy (non-hydrogen) atoms. The van der Waals surface area contributed by atoms with E-state index in [0.717, 1.165) is 17.5 Å². The Morgan fingerprint density at radius 1 is 1.06 bits per heavy atom. The summed E-state index contributed by atoms with van der Waals surface area (Å²) in [5, 5.41) is 10.1. The molecule has 0 amide bonds. The van der Waals surface area contributed by atoms with Crippen molar-refractivity contribution in [1.82, 2.24) is 0 Å². The minimum absolute atomic E-state index is 0.186. The fourth-order valence-corrected chi connectivity index (χ4v) is 2.49. The standard InChI is InChI=1S/C15H14ClNO/c16-12-5-11(6-13(18)7-12)9-1-3-10(4-2-9)14-8-15(14)17/h1-7,14-15,18H,8,17H2/t14-,15+/m1/s1. The van der Waals surface area contributed by atoms with Crippen molar-refractivity contribution in [1.29, 1.82) is 0 Å². The first-order chi connectivity index (χ1) is 8.63. The average Bonchev–Trinajstić information content (AvgIpc) is 3.05. The van der Waals surface area contributed by atoms with E-state index in [4.69, 9.17) is 17.3 Å². The topological polar surface area (TPSA) is 46.2 Å². The van der Waals surface area contributed by atoms with Gasteiger partial charge in [0.05, 0.1) is 0 Å². The molecular formula is C15H14ClNO. The fourth-order valence-electron chi connectivity index (χ4n) is 2.26. The maximum atomic E-state index is 9.54. The molecule has 1 aliphatic carbocycles. The van der Waals surface area contributed by atoms with E-state index in [-0.39, 0.29) is 5.75 Å². The number of phenolic OH excluding ortho intramolecular Hbond substituents is 1. The van der Waals surface area contributed by atoms with Crippen molar-refractivity contribution in [3.8, 4) is 16.9 Å². The number of halogens is 1. The summed E-state index contributed by atoms with van der Waals surface area (Å²) in [5.74, 6) is 0.706. The van der Waals surface area contributed by atoms with Crippen LogP contribution in [-0.2, 0) is 0 Å². The van der Waals surface area contributed by atoms with Gasteiger partial charge in [-0.1, -0.05) is 35.9 Å². The molecule has 2 nitrogen and oxygen atoms in total. The van der Waals surface area contributed by atoms with Gasteiger partial charge in [-0.05, 0) is 41.3 Å². The van der Waals surface area contributed by atoms with Gasteiger partial charge in [0.25, 0.3) is 0 Å². The van der Waals surface area contributed by atoms with Crippen LogP contribution in [0.2, 0.25) is 5.02 Å². The van der Waals surface area contributed by atoms with E-state index in [1.165, 1.54) is 11.6 Å². The normalized spacial score (nSPS) is 21.9. The van der Waals surface area contributed by atoms with Gasteiger partial charge in [-0.15, -0.1) is 0 Å². The molecule has 0 spiro atoms. The summed E-state index contributed by atoms with van der Waals surface area (Å²) >= 11 is 5.93. The molecule has 1 saturated carbocycles. The highest BCUT2D eigenvalue weighted by Gasteiger charge is 2.34. The third kappa shape index (κ3) is 2.22. The lowest BCUT2D eigenvalue weighted by Crippen LogP contribution is -2.00. The summed E-state index contributed by atoms with van der Waals surface area (Å²) in [5.41, 5.74) is 9.10. The number of rotatable bonds is 2. The lowest BCUT2D eigenvalue weighted by Gasteiger charge is -2.05. The second kappa shape index (κ2) is 4.30. The smallest absolute Gasteiger partial charge is 0.117 e. The minimum atomic E-state index is 0.186. The molecule has 1 fully saturated rings. The second-order valence-electron chi connectivity index (χ2n) is 4.83. The number of aromatic hydroxyl groups is 1. The van der Waals surface area contributed by atoms with Crippen molar-refractivity contribution in [3.63, 3.8) is 0 Å². The highest BCUT2D eigenvalue weighted by atomic mass is 35.5. The minimum Gasteiger partial charge on any atom is -0.508 e. The molecule has 3 N–H and O–H groups in total. The molecule has 3 heteroatoms. The number of phenols is 1. The Hall–Kier alpha value is -1.51. The Bertz CT molecular complexity index is 559. The van der Waals surface area contributed by atoms with E-state index >= 15 is 0 Å². The zero-order chi connectivity index (χ0) is 12.7. The first kappa shape index (κ1) is 11.6. The van der Waals surface area contributed by atoms with Crippen molar-refractivity contribution < 1.29 is 5.11 Å². The Labute approximate surface area is 111 Å². The number of nitrogens with two attached hydrogens (primary N) is 1. The Balaban J connectivity index is 1.92. The first-order valence-electron chi connectivity index (χ1n) is 5.99. The Kier molecular flexibility index (Phi) is 2.77. The average molecular weight is 260 g/mol. The molecule has 2 aromatic carbocycles. The maximum Gasteiger partial charge on any atom is 0.117 e. The van der Waals surface area contributed by atoms with Gasteiger partial charge in [-0.25, -0.2) is 0 Å². The van der Waals surface area contributed by atoms with E-state index in [2.05, 4.69) is 12.1 Å². The summed E-state index contributed by atoms with van der Waals surface area (Å²) in [4.78, 5) is 0. The van der Waals surface area contributed by atoms with Crippen LogP contribution in [0.1, 0.15) is 17.9 Å². The zero-order valence-electron chi connectivity index (χ0n) is 9.81. The summed E-state index contributed by atoms with van der Waals surface area (Å²) in [6.45, 7) is 0. The summed E-state index contributed by atoms with van der Waals surface area (Å²) < 4.78 is 0. The fraction of sp³-hybridized carbons (Fsp3) is 0.200. The van der Waals surface area contributed by atoms with Crippen LogP contribution < -0.4 is 5.73 Å².